The molecule has 2 bridgehead atoms. The fourth-order valence-corrected chi connectivity index (χ4v) is 6.08. The van der Waals surface area contributed by atoms with Gasteiger partial charge in [0.1, 0.15) is 5.69 Å². The highest BCUT2D eigenvalue weighted by Crippen LogP contribution is 2.36. The summed E-state index contributed by atoms with van der Waals surface area (Å²) in [5.41, 5.74) is 4.39. The number of nitrogens with one attached hydrogen (secondary N) is 1. The number of nitrogens with zero attached hydrogens (tertiary/aromatic N) is 4. The number of carbonyl (C=O) groups is 1. The summed E-state index contributed by atoms with van der Waals surface area (Å²) >= 11 is 0. The minimum Gasteiger partial charge on any atom is -0.338 e. The van der Waals surface area contributed by atoms with E-state index in [1.54, 1.807) is 6.07 Å². The van der Waals surface area contributed by atoms with Gasteiger partial charge in [-0.1, -0.05) is 60.7 Å². The van der Waals surface area contributed by atoms with E-state index < -0.39 is 0 Å². The largest absolute Gasteiger partial charge is 0.338 e. The first-order valence-electron chi connectivity index (χ1n) is 13.3. The topological polar surface area (TPSA) is 80.1 Å². The molecule has 39 heavy (non-hydrogen) atoms. The van der Waals surface area contributed by atoms with E-state index in [1.807, 2.05) is 100 Å². The van der Waals surface area contributed by atoms with Crippen molar-refractivity contribution >= 4 is 28.2 Å². The molecule has 2 aromatic heterocycles. The number of amides is 1. The Bertz CT molecular complexity index is 1750. The molecule has 1 amide bonds. The number of hydrogen-bond acceptors (Lipinski definition) is 5. The molecular formula is C32H27N5O2. The lowest BCUT2D eigenvalue weighted by atomic mass is 9.83. The molecule has 1 fully saturated rings. The number of carbonyl (C=O) groups excluding carboxylic acids is 1. The van der Waals surface area contributed by atoms with Crippen molar-refractivity contribution in [2.45, 2.75) is 18.9 Å². The Morgan fingerprint density at radius 2 is 1.54 bits per heavy atom. The van der Waals surface area contributed by atoms with Crippen LogP contribution in [0.4, 0.5) is 11.5 Å². The first-order chi connectivity index (χ1) is 19.1. The lowest BCUT2D eigenvalue weighted by molar-refractivity contribution is 0.0594. The summed E-state index contributed by atoms with van der Waals surface area (Å²) in [5, 5.41) is 14.4. The van der Waals surface area contributed by atoms with Gasteiger partial charge >= 0.3 is 0 Å². The average Bonchev–Trinajstić information content (AvgIpc) is 2.98. The van der Waals surface area contributed by atoms with Gasteiger partial charge in [-0.25, -0.2) is 0 Å². The second kappa shape index (κ2) is 9.51. The van der Waals surface area contributed by atoms with Crippen molar-refractivity contribution in [1.29, 1.82) is 0 Å². The fourth-order valence-electron chi connectivity index (χ4n) is 6.08. The molecule has 5 aromatic rings. The zero-order valence-corrected chi connectivity index (χ0v) is 21.3. The Balaban J connectivity index is 1.14. The van der Waals surface area contributed by atoms with Gasteiger partial charge in [-0.05, 0) is 42.7 Å². The van der Waals surface area contributed by atoms with E-state index in [4.69, 9.17) is 0 Å². The molecular weight excluding hydrogens is 486 g/mol. The lowest BCUT2D eigenvalue weighted by Gasteiger charge is -2.42. The maximum absolute atomic E-state index is 13.5. The Kier molecular flexibility index (Phi) is 5.69. The van der Waals surface area contributed by atoms with Crippen LogP contribution in [0.15, 0.2) is 102 Å². The molecule has 2 aliphatic rings. The van der Waals surface area contributed by atoms with Gasteiger partial charge in [-0.3, -0.25) is 9.59 Å². The molecule has 2 atom stereocenters. The molecule has 7 nitrogen and oxygen atoms in total. The zero-order valence-electron chi connectivity index (χ0n) is 21.3. The zero-order chi connectivity index (χ0) is 26.3. The number of fused-ring (bicyclic) bond motifs is 5. The quantitative estimate of drug-likeness (QED) is 0.345. The van der Waals surface area contributed by atoms with Gasteiger partial charge < -0.3 is 14.8 Å². The number of benzene rings is 3. The molecule has 4 heterocycles. The van der Waals surface area contributed by atoms with Crippen LogP contribution in [-0.4, -0.2) is 38.7 Å². The molecule has 2 aliphatic heterocycles. The molecule has 7 heteroatoms. The van der Waals surface area contributed by atoms with E-state index in [-0.39, 0.29) is 17.4 Å². The summed E-state index contributed by atoms with van der Waals surface area (Å²) in [6.45, 7) is 1.98. The van der Waals surface area contributed by atoms with Crippen LogP contribution in [0.25, 0.3) is 22.0 Å². The first-order valence-corrected chi connectivity index (χ1v) is 13.3. The minimum absolute atomic E-state index is 0.0290. The van der Waals surface area contributed by atoms with Gasteiger partial charge in [0.15, 0.2) is 5.82 Å². The van der Waals surface area contributed by atoms with Crippen molar-refractivity contribution in [2.24, 2.45) is 5.92 Å². The van der Waals surface area contributed by atoms with Crippen LogP contribution in [0.2, 0.25) is 0 Å². The van der Waals surface area contributed by atoms with Gasteiger partial charge in [0.05, 0.1) is 0 Å². The summed E-state index contributed by atoms with van der Waals surface area (Å²) in [6.07, 6.45) is 1.02. The number of piperidine rings is 1. The Labute approximate surface area is 225 Å². The molecule has 0 radical (unpaired) electrons. The summed E-state index contributed by atoms with van der Waals surface area (Å²) in [5.74, 6) is 1.22. The predicted octanol–water partition coefficient (Wildman–Crippen LogP) is 5.46. The van der Waals surface area contributed by atoms with E-state index in [0.717, 1.165) is 39.8 Å². The van der Waals surface area contributed by atoms with Gasteiger partial charge in [0, 0.05) is 64.9 Å². The third-order valence-electron chi connectivity index (χ3n) is 7.90. The third kappa shape index (κ3) is 4.26. The van der Waals surface area contributed by atoms with Crippen LogP contribution in [0.1, 0.15) is 28.4 Å². The second-order valence-electron chi connectivity index (χ2n) is 10.4. The number of anilines is 2. The van der Waals surface area contributed by atoms with Gasteiger partial charge in [0.25, 0.3) is 11.5 Å². The van der Waals surface area contributed by atoms with Crippen LogP contribution in [0.5, 0.6) is 0 Å². The van der Waals surface area contributed by atoms with Crippen molar-refractivity contribution in [3.63, 3.8) is 0 Å². The maximum atomic E-state index is 13.5. The number of rotatable bonds is 4. The standard InChI is InChI=1S/C32H27N5O2/c38-29-12-6-11-28-24-17-21(19-37(28)29)18-36(20-24)32(39)23-15-13-22(14-16-23)30-26-9-4-5-10-27(26)31(35-34-30)33-25-7-2-1-3-8-25/h1-16,21,24H,17-20H2,(H,33,35)/t21-,24-/m0/s1. The number of hydrogen-bond donors (Lipinski definition) is 1. The molecule has 0 aliphatic carbocycles. The van der Waals surface area contributed by atoms with E-state index in [9.17, 15) is 9.59 Å². The average molecular weight is 514 g/mol. The first kappa shape index (κ1) is 23.3. The van der Waals surface area contributed by atoms with Crippen LogP contribution in [0, 0.1) is 5.92 Å². The summed E-state index contributed by atoms with van der Waals surface area (Å²) < 4.78 is 1.89. The van der Waals surface area contributed by atoms with E-state index in [1.165, 1.54) is 0 Å². The molecule has 3 aromatic carbocycles. The smallest absolute Gasteiger partial charge is 0.253 e. The van der Waals surface area contributed by atoms with Gasteiger partial charge in [-0.2, -0.15) is 0 Å². The van der Waals surface area contributed by atoms with Crippen molar-refractivity contribution in [2.75, 3.05) is 18.4 Å². The Morgan fingerprint density at radius 1 is 0.769 bits per heavy atom. The third-order valence-corrected chi connectivity index (χ3v) is 7.90. The number of aromatic nitrogens is 3. The van der Waals surface area contributed by atoms with Crippen LogP contribution < -0.4 is 10.9 Å². The lowest BCUT2D eigenvalue weighted by Crippen LogP contribution is -2.49. The van der Waals surface area contributed by atoms with Crippen molar-refractivity contribution in [1.82, 2.24) is 19.7 Å². The number of likely N-dealkylation sites (tertiary alicyclic amines) is 1. The normalized spacial score (nSPS) is 18.0. The number of para-hydroxylation sites is 1. The van der Waals surface area contributed by atoms with Gasteiger partial charge in [-0.15, -0.1) is 10.2 Å². The Hall–Kier alpha value is -4.78. The highest BCUT2D eigenvalue weighted by molar-refractivity contribution is 6.01. The fraction of sp³-hybridized carbons (Fsp3) is 0.188. The monoisotopic (exact) mass is 513 g/mol. The highest BCUT2D eigenvalue weighted by atomic mass is 16.2. The molecule has 0 unspecified atom stereocenters. The van der Waals surface area contributed by atoms with Crippen LogP contribution >= 0.6 is 0 Å². The number of pyridine rings is 1. The highest BCUT2D eigenvalue weighted by Gasteiger charge is 2.36. The van der Waals surface area contributed by atoms with Crippen molar-refractivity contribution in [3.8, 4) is 11.3 Å². The second-order valence-corrected chi connectivity index (χ2v) is 10.4. The van der Waals surface area contributed by atoms with Crippen LogP contribution in [0.3, 0.4) is 0 Å². The molecule has 1 N–H and O–H groups in total. The molecule has 7 rings (SSSR count). The SMILES string of the molecule is O=C(c1ccc(-c2nnc(Nc3ccccc3)c3ccccc23)cc1)N1C[C@@H]2C[C@@H](C1)c1cccc(=O)n1C2. The summed E-state index contributed by atoms with van der Waals surface area (Å²) in [4.78, 5) is 27.8. The van der Waals surface area contributed by atoms with Gasteiger partial charge in [0.2, 0.25) is 0 Å². The molecule has 0 saturated carbocycles. The van der Waals surface area contributed by atoms with Crippen molar-refractivity contribution < 1.29 is 4.79 Å². The molecule has 1 saturated heterocycles. The van der Waals surface area contributed by atoms with Crippen LogP contribution in [-0.2, 0) is 6.54 Å². The summed E-state index contributed by atoms with van der Waals surface area (Å²) in [6, 6.07) is 31.1. The molecule has 192 valence electrons. The predicted molar refractivity (Wildman–Crippen MR) is 152 cm³/mol. The minimum atomic E-state index is 0.0290. The van der Waals surface area contributed by atoms with Crippen molar-refractivity contribution in [3.05, 3.63) is 119 Å². The van der Waals surface area contributed by atoms with E-state index in [0.29, 0.717) is 36.9 Å². The van der Waals surface area contributed by atoms with E-state index >= 15 is 0 Å². The molecule has 0 spiro atoms. The van der Waals surface area contributed by atoms with E-state index in [2.05, 4.69) is 15.5 Å². The Morgan fingerprint density at radius 3 is 2.36 bits per heavy atom. The summed E-state index contributed by atoms with van der Waals surface area (Å²) in [7, 11) is 0. The maximum Gasteiger partial charge on any atom is 0.253 e.